The number of hydrogen-bond acceptors (Lipinski definition) is 3. The third-order valence-corrected chi connectivity index (χ3v) is 5.63. The SMILES string of the molecule is C[C@@H]1CN(Cc2cccc(F)c2)C[C@]12CCN(CCN(C)C)C2=O. The molecule has 0 unspecified atom stereocenters. The molecule has 1 spiro atoms. The zero-order chi connectivity index (χ0) is 17.3. The van der Waals surface area contributed by atoms with Gasteiger partial charge < -0.3 is 9.80 Å². The Morgan fingerprint density at radius 2 is 2.17 bits per heavy atom. The number of nitrogens with zero attached hydrogens (tertiary/aromatic N) is 3. The minimum absolute atomic E-state index is 0.193. The molecule has 0 N–H and O–H groups in total. The average Bonchev–Trinajstić information content (AvgIpc) is 2.99. The summed E-state index contributed by atoms with van der Waals surface area (Å²) in [5.74, 6) is 0.475. The number of carbonyl (C=O) groups excluding carboxylic acids is 1. The van der Waals surface area contributed by atoms with E-state index in [1.165, 1.54) is 6.07 Å². The molecule has 1 aromatic rings. The molecule has 4 nitrogen and oxygen atoms in total. The summed E-state index contributed by atoms with van der Waals surface area (Å²) in [4.78, 5) is 19.5. The number of hydrogen-bond donors (Lipinski definition) is 0. The second-order valence-corrected chi connectivity index (χ2v) is 7.70. The summed E-state index contributed by atoms with van der Waals surface area (Å²) in [7, 11) is 4.07. The summed E-state index contributed by atoms with van der Waals surface area (Å²) >= 11 is 0. The zero-order valence-corrected chi connectivity index (χ0v) is 15.0. The maximum Gasteiger partial charge on any atom is 0.230 e. The third kappa shape index (κ3) is 3.33. The number of rotatable bonds is 5. The Labute approximate surface area is 144 Å². The molecular weight excluding hydrogens is 305 g/mol. The molecule has 0 aromatic heterocycles. The molecule has 24 heavy (non-hydrogen) atoms. The molecule has 2 fully saturated rings. The standard InChI is InChI=1S/C19H28FN3O/c1-15-12-22(13-16-5-4-6-17(20)11-16)14-19(15)7-8-23(18(19)24)10-9-21(2)3/h4-6,11,15H,7-10,12-14H2,1-3H3/t15-,19-/m1/s1. The van der Waals surface area contributed by atoms with Gasteiger partial charge in [-0.1, -0.05) is 19.1 Å². The van der Waals surface area contributed by atoms with Crippen LogP contribution >= 0.6 is 0 Å². The fourth-order valence-electron chi connectivity index (χ4n) is 4.19. The van der Waals surface area contributed by atoms with Gasteiger partial charge in [0.2, 0.25) is 5.91 Å². The van der Waals surface area contributed by atoms with E-state index < -0.39 is 0 Å². The fourth-order valence-corrected chi connectivity index (χ4v) is 4.19. The van der Waals surface area contributed by atoms with Crippen LogP contribution in [0, 0.1) is 17.2 Å². The van der Waals surface area contributed by atoms with Crippen LogP contribution in [0.4, 0.5) is 4.39 Å². The van der Waals surface area contributed by atoms with E-state index in [4.69, 9.17) is 0 Å². The summed E-state index contributed by atoms with van der Waals surface area (Å²) in [5.41, 5.74) is 0.744. The lowest BCUT2D eigenvalue weighted by Gasteiger charge is -2.27. The first-order chi connectivity index (χ1) is 11.4. The van der Waals surface area contributed by atoms with Crippen LogP contribution in [-0.2, 0) is 11.3 Å². The predicted molar refractivity (Wildman–Crippen MR) is 93.0 cm³/mol. The van der Waals surface area contributed by atoms with Gasteiger partial charge in [0.05, 0.1) is 5.41 Å². The maximum absolute atomic E-state index is 13.4. The molecule has 1 aromatic carbocycles. The van der Waals surface area contributed by atoms with E-state index in [0.717, 1.165) is 51.3 Å². The maximum atomic E-state index is 13.4. The van der Waals surface area contributed by atoms with Crippen molar-refractivity contribution in [2.24, 2.45) is 11.3 Å². The summed E-state index contributed by atoms with van der Waals surface area (Å²) in [6.07, 6.45) is 0.945. The molecule has 2 aliphatic rings. The minimum atomic E-state index is -0.236. The number of halogens is 1. The van der Waals surface area contributed by atoms with Crippen molar-refractivity contribution in [1.29, 1.82) is 0 Å². The van der Waals surface area contributed by atoms with Crippen LogP contribution in [0.2, 0.25) is 0 Å². The van der Waals surface area contributed by atoms with Gasteiger partial charge in [-0.05, 0) is 44.1 Å². The van der Waals surface area contributed by atoms with Crippen LogP contribution in [0.3, 0.4) is 0 Å². The number of carbonyl (C=O) groups is 1. The third-order valence-electron chi connectivity index (χ3n) is 5.63. The normalized spacial score (nSPS) is 27.8. The van der Waals surface area contributed by atoms with Gasteiger partial charge >= 0.3 is 0 Å². The van der Waals surface area contributed by atoms with E-state index in [1.54, 1.807) is 12.1 Å². The second kappa shape index (κ2) is 6.81. The van der Waals surface area contributed by atoms with Crippen molar-refractivity contribution in [3.05, 3.63) is 35.6 Å². The van der Waals surface area contributed by atoms with Crippen molar-refractivity contribution < 1.29 is 9.18 Å². The number of amides is 1. The van der Waals surface area contributed by atoms with Crippen LogP contribution in [0.5, 0.6) is 0 Å². The van der Waals surface area contributed by atoms with Crippen LogP contribution in [0.15, 0.2) is 24.3 Å². The van der Waals surface area contributed by atoms with E-state index in [2.05, 4.69) is 16.7 Å². The molecule has 2 saturated heterocycles. The van der Waals surface area contributed by atoms with Gasteiger partial charge in [-0.25, -0.2) is 4.39 Å². The van der Waals surface area contributed by atoms with Gasteiger partial charge in [0, 0.05) is 39.3 Å². The first-order valence-corrected chi connectivity index (χ1v) is 8.81. The van der Waals surface area contributed by atoms with Crippen molar-refractivity contribution in [2.45, 2.75) is 19.9 Å². The van der Waals surface area contributed by atoms with Gasteiger partial charge in [-0.15, -0.1) is 0 Å². The molecule has 0 bridgehead atoms. The highest BCUT2D eigenvalue weighted by molar-refractivity contribution is 5.86. The topological polar surface area (TPSA) is 26.8 Å². The Morgan fingerprint density at radius 1 is 1.38 bits per heavy atom. The zero-order valence-electron chi connectivity index (χ0n) is 15.0. The van der Waals surface area contributed by atoms with Crippen molar-refractivity contribution >= 4 is 5.91 Å². The summed E-state index contributed by atoms with van der Waals surface area (Å²) in [5, 5.41) is 0. The predicted octanol–water partition coefficient (Wildman–Crippen LogP) is 2.06. The highest BCUT2D eigenvalue weighted by atomic mass is 19.1. The molecular formula is C19H28FN3O. The molecule has 1 amide bonds. The van der Waals surface area contributed by atoms with Crippen LogP contribution < -0.4 is 0 Å². The van der Waals surface area contributed by atoms with Crippen molar-refractivity contribution in [3.63, 3.8) is 0 Å². The second-order valence-electron chi connectivity index (χ2n) is 7.70. The van der Waals surface area contributed by atoms with Gasteiger partial charge in [-0.3, -0.25) is 9.69 Å². The van der Waals surface area contributed by atoms with Crippen LogP contribution in [-0.4, -0.2) is 67.4 Å². The highest BCUT2D eigenvalue weighted by Gasteiger charge is 2.54. The summed E-state index contributed by atoms with van der Waals surface area (Å²) in [6.45, 7) is 7.19. The monoisotopic (exact) mass is 333 g/mol. The van der Waals surface area contributed by atoms with E-state index in [1.807, 2.05) is 25.1 Å². The lowest BCUT2D eigenvalue weighted by molar-refractivity contribution is -0.137. The minimum Gasteiger partial charge on any atom is -0.341 e. The quantitative estimate of drug-likeness (QED) is 0.825. The lowest BCUT2D eigenvalue weighted by atomic mass is 9.78. The Kier molecular flexibility index (Phi) is 4.92. The van der Waals surface area contributed by atoms with Gasteiger partial charge in [0.1, 0.15) is 5.82 Å². The molecule has 2 heterocycles. The van der Waals surface area contributed by atoms with Gasteiger partial charge in [-0.2, -0.15) is 0 Å². The van der Waals surface area contributed by atoms with Crippen molar-refractivity contribution in [3.8, 4) is 0 Å². The molecule has 2 atom stereocenters. The lowest BCUT2D eigenvalue weighted by Crippen LogP contribution is -2.41. The summed E-state index contributed by atoms with van der Waals surface area (Å²) < 4.78 is 13.4. The van der Waals surface area contributed by atoms with E-state index in [0.29, 0.717) is 11.8 Å². The molecule has 0 saturated carbocycles. The Hall–Kier alpha value is -1.46. The molecule has 0 radical (unpaired) electrons. The van der Waals surface area contributed by atoms with Crippen molar-refractivity contribution in [2.75, 3.05) is 46.8 Å². The average molecular weight is 333 g/mol. The number of likely N-dealkylation sites (tertiary alicyclic amines) is 2. The molecule has 132 valence electrons. The van der Waals surface area contributed by atoms with Crippen LogP contribution in [0.25, 0.3) is 0 Å². The molecule has 3 rings (SSSR count). The number of benzene rings is 1. The molecule has 2 aliphatic heterocycles. The number of likely N-dealkylation sites (N-methyl/N-ethyl adjacent to an activating group) is 1. The summed E-state index contributed by atoms with van der Waals surface area (Å²) in [6, 6.07) is 6.78. The highest BCUT2D eigenvalue weighted by Crippen LogP contribution is 2.44. The van der Waals surface area contributed by atoms with E-state index in [9.17, 15) is 9.18 Å². The first kappa shape index (κ1) is 17.4. The van der Waals surface area contributed by atoms with E-state index >= 15 is 0 Å². The molecule has 5 heteroatoms. The molecule has 0 aliphatic carbocycles. The largest absolute Gasteiger partial charge is 0.341 e. The Bertz CT molecular complexity index is 606. The Morgan fingerprint density at radius 3 is 2.88 bits per heavy atom. The van der Waals surface area contributed by atoms with Gasteiger partial charge in [0.15, 0.2) is 0 Å². The van der Waals surface area contributed by atoms with Gasteiger partial charge in [0.25, 0.3) is 0 Å². The smallest absolute Gasteiger partial charge is 0.230 e. The van der Waals surface area contributed by atoms with E-state index in [-0.39, 0.29) is 11.2 Å². The Balaban J connectivity index is 1.66. The first-order valence-electron chi connectivity index (χ1n) is 8.81. The van der Waals surface area contributed by atoms with Crippen LogP contribution in [0.1, 0.15) is 18.9 Å². The van der Waals surface area contributed by atoms with Crippen molar-refractivity contribution in [1.82, 2.24) is 14.7 Å². The fraction of sp³-hybridized carbons (Fsp3) is 0.632.